The van der Waals surface area contributed by atoms with E-state index in [9.17, 15) is 44.2 Å². The molecule has 0 aliphatic carbocycles. The minimum Gasteiger partial charge on any atom is -0.289 e. The molecular formula is C31H16N4O9. The first-order chi connectivity index (χ1) is 21.1. The summed E-state index contributed by atoms with van der Waals surface area (Å²) in [6, 6.07) is 19.3. The highest BCUT2D eigenvalue weighted by Crippen LogP contribution is 2.35. The molecule has 4 aromatic rings. The summed E-state index contributed by atoms with van der Waals surface area (Å²) < 4.78 is 0. The fraction of sp³-hybridized carbons (Fsp3) is 0. The number of imide groups is 2. The van der Waals surface area contributed by atoms with Gasteiger partial charge in [-0.2, -0.15) is 0 Å². The fourth-order valence-corrected chi connectivity index (χ4v) is 5.14. The second-order valence-electron chi connectivity index (χ2n) is 9.65. The number of rotatable bonds is 7. The van der Waals surface area contributed by atoms with Crippen molar-refractivity contribution in [2.75, 3.05) is 9.80 Å². The summed E-state index contributed by atoms with van der Waals surface area (Å²) in [5.41, 5.74) is -1.10. The maximum Gasteiger partial charge on any atom is 0.283 e. The number of benzene rings is 4. The molecule has 214 valence electrons. The van der Waals surface area contributed by atoms with Crippen molar-refractivity contribution in [3.8, 4) is 0 Å². The Kier molecular flexibility index (Phi) is 6.46. The molecule has 2 heterocycles. The maximum absolute atomic E-state index is 13.1. The number of nitro groups is 2. The molecule has 4 aromatic carbocycles. The lowest BCUT2D eigenvalue weighted by molar-refractivity contribution is -0.385. The van der Waals surface area contributed by atoms with Crippen LogP contribution in [0.15, 0.2) is 91.0 Å². The monoisotopic (exact) mass is 588 g/mol. The normalized spacial score (nSPS) is 13.9. The average molecular weight is 588 g/mol. The molecule has 0 aromatic heterocycles. The lowest BCUT2D eigenvalue weighted by Gasteiger charge is -2.14. The van der Waals surface area contributed by atoms with E-state index in [1.165, 1.54) is 72.8 Å². The van der Waals surface area contributed by atoms with Crippen LogP contribution in [0.25, 0.3) is 6.08 Å². The Morgan fingerprint density at radius 2 is 1.09 bits per heavy atom. The van der Waals surface area contributed by atoms with Crippen LogP contribution >= 0.6 is 0 Å². The molecule has 0 bridgehead atoms. The third-order valence-electron chi connectivity index (χ3n) is 7.12. The Morgan fingerprint density at radius 3 is 1.61 bits per heavy atom. The van der Waals surface area contributed by atoms with Crippen LogP contribution in [0.1, 0.15) is 57.4 Å². The lowest BCUT2D eigenvalue weighted by atomic mass is 10.1. The van der Waals surface area contributed by atoms with E-state index in [-0.39, 0.29) is 39.2 Å². The smallest absolute Gasteiger partial charge is 0.283 e. The first kappa shape index (κ1) is 27.5. The van der Waals surface area contributed by atoms with Gasteiger partial charge in [0.05, 0.1) is 32.3 Å². The summed E-state index contributed by atoms with van der Waals surface area (Å²) in [6.45, 7) is 0. The van der Waals surface area contributed by atoms with Gasteiger partial charge in [-0.3, -0.25) is 44.2 Å². The molecule has 0 spiro atoms. The molecule has 0 saturated carbocycles. The zero-order valence-electron chi connectivity index (χ0n) is 22.2. The van der Waals surface area contributed by atoms with Crippen LogP contribution in [-0.4, -0.2) is 39.3 Å². The first-order valence-electron chi connectivity index (χ1n) is 12.8. The molecular weight excluding hydrogens is 572 g/mol. The zero-order valence-corrected chi connectivity index (χ0v) is 22.2. The number of anilines is 2. The molecule has 44 heavy (non-hydrogen) atoms. The van der Waals surface area contributed by atoms with Gasteiger partial charge in [0.2, 0.25) is 0 Å². The Labute approximate surface area is 246 Å². The predicted octanol–water partition coefficient (Wildman–Crippen LogP) is 5.00. The Balaban J connectivity index is 1.24. The second-order valence-corrected chi connectivity index (χ2v) is 9.65. The van der Waals surface area contributed by atoms with E-state index in [2.05, 4.69) is 0 Å². The van der Waals surface area contributed by atoms with Crippen LogP contribution < -0.4 is 9.80 Å². The van der Waals surface area contributed by atoms with E-state index < -0.39 is 50.6 Å². The van der Waals surface area contributed by atoms with Gasteiger partial charge in [0.15, 0.2) is 5.78 Å². The van der Waals surface area contributed by atoms with Gasteiger partial charge in [0.1, 0.15) is 11.1 Å². The molecule has 0 atom stereocenters. The van der Waals surface area contributed by atoms with Crippen LogP contribution in [0.2, 0.25) is 0 Å². The summed E-state index contributed by atoms with van der Waals surface area (Å²) in [6.07, 6.45) is 2.63. The quantitative estimate of drug-likeness (QED) is 0.0944. The first-order valence-corrected chi connectivity index (χ1v) is 12.8. The van der Waals surface area contributed by atoms with Crippen molar-refractivity contribution in [1.82, 2.24) is 0 Å². The van der Waals surface area contributed by atoms with Gasteiger partial charge >= 0.3 is 0 Å². The van der Waals surface area contributed by atoms with Crippen molar-refractivity contribution in [2.24, 2.45) is 0 Å². The average Bonchev–Trinajstić information content (AvgIpc) is 3.43. The molecule has 0 saturated heterocycles. The number of nitrogens with zero attached hydrogens (tertiary/aromatic N) is 4. The number of nitro benzene ring substituents is 2. The Morgan fingerprint density at radius 1 is 0.614 bits per heavy atom. The highest BCUT2D eigenvalue weighted by Gasteiger charge is 2.43. The van der Waals surface area contributed by atoms with Crippen molar-refractivity contribution in [3.05, 3.63) is 145 Å². The molecule has 0 fully saturated rings. The number of allylic oxidation sites excluding steroid dienone is 1. The second kappa shape index (κ2) is 10.3. The van der Waals surface area contributed by atoms with Crippen molar-refractivity contribution in [1.29, 1.82) is 0 Å². The van der Waals surface area contributed by atoms with Crippen LogP contribution in [0.4, 0.5) is 22.7 Å². The molecule has 2 aliphatic rings. The van der Waals surface area contributed by atoms with Gasteiger partial charge in [-0.05, 0) is 48.0 Å². The van der Waals surface area contributed by atoms with Gasteiger partial charge in [0.25, 0.3) is 35.0 Å². The van der Waals surface area contributed by atoms with E-state index in [1.54, 1.807) is 12.1 Å². The third kappa shape index (κ3) is 4.32. The highest BCUT2D eigenvalue weighted by atomic mass is 16.6. The van der Waals surface area contributed by atoms with Crippen LogP contribution in [-0.2, 0) is 0 Å². The predicted molar refractivity (Wildman–Crippen MR) is 155 cm³/mol. The maximum atomic E-state index is 13.1. The number of ketones is 1. The van der Waals surface area contributed by atoms with Gasteiger partial charge < -0.3 is 0 Å². The van der Waals surface area contributed by atoms with Crippen molar-refractivity contribution >= 4 is 58.2 Å². The Hall–Kier alpha value is -6.63. The molecule has 0 radical (unpaired) electrons. The highest BCUT2D eigenvalue weighted by molar-refractivity contribution is 6.36. The van der Waals surface area contributed by atoms with E-state index >= 15 is 0 Å². The number of amides is 4. The summed E-state index contributed by atoms with van der Waals surface area (Å²) in [5.74, 6) is -3.72. The molecule has 6 rings (SSSR count). The molecule has 0 N–H and O–H groups in total. The summed E-state index contributed by atoms with van der Waals surface area (Å²) in [7, 11) is 0. The van der Waals surface area contributed by atoms with Gasteiger partial charge in [0, 0.05) is 17.7 Å². The van der Waals surface area contributed by atoms with Crippen molar-refractivity contribution in [2.45, 2.75) is 0 Å². The van der Waals surface area contributed by atoms with E-state index in [4.69, 9.17) is 0 Å². The van der Waals surface area contributed by atoms with E-state index in [1.807, 2.05) is 0 Å². The van der Waals surface area contributed by atoms with Crippen LogP contribution in [0.3, 0.4) is 0 Å². The van der Waals surface area contributed by atoms with Crippen LogP contribution in [0, 0.1) is 20.2 Å². The van der Waals surface area contributed by atoms with Gasteiger partial charge in [-0.15, -0.1) is 0 Å². The molecule has 2 aliphatic heterocycles. The number of hydrogen-bond donors (Lipinski definition) is 0. The number of carbonyl (C=O) groups excluding carboxylic acids is 5. The van der Waals surface area contributed by atoms with Gasteiger partial charge in [-0.25, -0.2) is 9.80 Å². The summed E-state index contributed by atoms with van der Waals surface area (Å²) in [4.78, 5) is 88.1. The summed E-state index contributed by atoms with van der Waals surface area (Å²) in [5, 5.41) is 22.8. The molecule has 4 amide bonds. The minimum atomic E-state index is -0.882. The minimum absolute atomic E-state index is 0.0477. The van der Waals surface area contributed by atoms with Crippen molar-refractivity contribution < 1.29 is 33.8 Å². The molecule has 0 unspecified atom stereocenters. The number of hydrogen-bond acceptors (Lipinski definition) is 9. The third-order valence-corrected chi connectivity index (χ3v) is 7.12. The standard InChI is InChI=1S/C31H16N4O9/c36-25(18-6-2-8-20(16-18)33-29(38)22-10-4-12-24(35(43)44)27(22)31(33)40)14-13-17-5-1-7-19(15-17)32-28(37)21-9-3-11-23(34(41)42)26(21)30(32)39/h1-16H/b14-13+. The van der Waals surface area contributed by atoms with Gasteiger partial charge in [-0.1, -0.05) is 42.5 Å². The van der Waals surface area contributed by atoms with Crippen LogP contribution in [0.5, 0.6) is 0 Å². The molecule has 13 nitrogen and oxygen atoms in total. The fourth-order valence-electron chi connectivity index (χ4n) is 5.14. The molecule has 13 heteroatoms. The van der Waals surface area contributed by atoms with E-state index in [0.29, 0.717) is 5.56 Å². The SMILES string of the molecule is O=C(/C=C/c1cccc(N2C(=O)c3cccc([N+](=O)[O-])c3C2=O)c1)c1cccc(N2C(=O)c3cccc([N+](=O)[O-])c3C2=O)c1. The van der Waals surface area contributed by atoms with Crippen molar-refractivity contribution in [3.63, 3.8) is 0 Å². The lowest BCUT2D eigenvalue weighted by Crippen LogP contribution is -2.29. The largest absolute Gasteiger partial charge is 0.289 e. The topological polar surface area (TPSA) is 178 Å². The Bertz CT molecular complexity index is 2050. The number of fused-ring (bicyclic) bond motifs is 2. The number of carbonyl (C=O) groups is 5. The summed E-state index contributed by atoms with van der Waals surface area (Å²) >= 11 is 0. The van der Waals surface area contributed by atoms with E-state index in [0.717, 1.165) is 21.9 Å². The zero-order chi connectivity index (χ0) is 31.3.